The van der Waals surface area contributed by atoms with Gasteiger partial charge in [-0.25, -0.2) is 19.9 Å². The minimum absolute atomic E-state index is 0.380. The van der Waals surface area contributed by atoms with Crippen LogP contribution in [0.25, 0.3) is 16.7 Å². The maximum atomic E-state index is 6.08. The van der Waals surface area contributed by atoms with Gasteiger partial charge in [0.25, 0.3) is 0 Å². The number of aromatic nitrogens is 6. The van der Waals surface area contributed by atoms with Gasteiger partial charge in [-0.1, -0.05) is 11.6 Å². The molecule has 0 unspecified atom stereocenters. The number of anilines is 2. The molecule has 0 atom stereocenters. The lowest BCUT2D eigenvalue weighted by Gasteiger charge is -2.13. The van der Waals surface area contributed by atoms with Gasteiger partial charge in [-0.3, -0.25) is 0 Å². The van der Waals surface area contributed by atoms with Crippen LogP contribution in [0.15, 0.2) is 55.1 Å². The van der Waals surface area contributed by atoms with E-state index in [0.717, 1.165) is 11.3 Å². The normalized spacial score (nSPS) is 11.1. The molecule has 0 radical (unpaired) electrons. The molecular formula is C21H16ClN7O2. The Morgan fingerprint density at radius 3 is 2.74 bits per heavy atom. The van der Waals surface area contributed by atoms with Crippen molar-refractivity contribution in [1.82, 2.24) is 29.5 Å². The SMILES string of the molecule is COc1cc(Oc2ccc(Nc3ncnc4ccc(Cl)nc34)cc2C)cc2ncnn12. The Hall–Kier alpha value is -3.98. The number of pyridine rings is 2. The van der Waals surface area contributed by atoms with E-state index < -0.39 is 0 Å². The Kier molecular flexibility index (Phi) is 4.72. The highest BCUT2D eigenvalue weighted by Gasteiger charge is 2.11. The Labute approximate surface area is 181 Å². The number of nitrogens with one attached hydrogen (secondary N) is 1. The van der Waals surface area contributed by atoms with E-state index in [1.165, 1.54) is 12.7 Å². The predicted molar refractivity (Wildman–Crippen MR) is 116 cm³/mol. The van der Waals surface area contributed by atoms with Crippen LogP contribution < -0.4 is 14.8 Å². The molecule has 1 aromatic carbocycles. The number of methoxy groups -OCH3 is 1. The summed E-state index contributed by atoms with van der Waals surface area (Å²) < 4.78 is 13.0. The van der Waals surface area contributed by atoms with E-state index in [-0.39, 0.29) is 0 Å². The molecule has 10 heteroatoms. The van der Waals surface area contributed by atoms with Crippen molar-refractivity contribution in [3.05, 3.63) is 65.8 Å². The molecule has 0 bridgehead atoms. The zero-order valence-electron chi connectivity index (χ0n) is 16.6. The maximum Gasteiger partial charge on any atom is 0.219 e. The molecule has 4 aromatic heterocycles. The molecule has 5 aromatic rings. The van der Waals surface area contributed by atoms with Crippen LogP contribution in [0.2, 0.25) is 5.15 Å². The summed E-state index contributed by atoms with van der Waals surface area (Å²) in [6, 6.07) is 12.8. The molecule has 0 aliphatic heterocycles. The van der Waals surface area contributed by atoms with E-state index in [4.69, 9.17) is 21.1 Å². The third kappa shape index (κ3) is 3.66. The number of aryl methyl sites for hydroxylation is 1. The molecule has 0 saturated heterocycles. The summed E-state index contributed by atoms with van der Waals surface area (Å²) in [5.41, 5.74) is 3.69. The van der Waals surface area contributed by atoms with Crippen molar-refractivity contribution in [3.63, 3.8) is 0 Å². The van der Waals surface area contributed by atoms with Crippen LogP contribution >= 0.6 is 11.6 Å². The van der Waals surface area contributed by atoms with Gasteiger partial charge >= 0.3 is 0 Å². The standard InChI is InChI=1S/C21H16ClN7O2/c1-12-7-13(27-21-20-15(23-10-25-21)4-6-17(22)28-20)3-5-16(12)31-14-8-18-24-11-26-29(18)19(9-14)30-2/h3-11H,1-2H3,(H,23,25,27). The van der Waals surface area contributed by atoms with Gasteiger partial charge in [0.15, 0.2) is 11.5 Å². The van der Waals surface area contributed by atoms with Crippen LogP contribution in [0.3, 0.4) is 0 Å². The second-order valence-electron chi connectivity index (χ2n) is 6.69. The summed E-state index contributed by atoms with van der Waals surface area (Å²) in [6.45, 7) is 1.96. The van der Waals surface area contributed by atoms with Crippen molar-refractivity contribution in [2.45, 2.75) is 6.92 Å². The highest BCUT2D eigenvalue weighted by molar-refractivity contribution is 6.29. The number of nitrogens with zero attached hydrogens (tertiary/aromatic N) is 6. The largest absolute Gasteiger partial charge is 0.481 e. The minimum atomic E-state index is 0.380. The van der Waals surface area contributed by atoms with Crippen molar-refractivity contribution < 1.29 is 9.47 Å². The number of ether oxygens (including phenoxy) is 2. The van der Waals surface area contributed by atoms with Crippen molar-refractivity contribution in [3.8, 4) is 17.4 Å². The number of benzene rings is 1. The lowest BCUT2D eigenvalue weighted by molar-refractivity contribution is 0.380. The van der Waals surface area contributed by atoms with E-state index in [1.54, 1.807) is 35.9 Å². The fourth-order valence-corrected chi connectivity index (χ4v) is 3.34. The fraction of sp³-hybridized carbons (Fsp3) is 0.0952. The average Bonchev–Trinajstić information content (AvgIpc) is 3.24. The molecule has 5 rings (SSSR count). The van der Waals surface area contributed by atoms with Crippen molar-refractivity contribution in [2.24, 2.45) is 0 Å². The van der Waals surface area contributed by atoms with Crippen molar-refractivity contribution in [2.75, 3.05) is 12.4 Å². The number of hydrogen-bond acceptors (Lipinski definition) is 8. The molecule has 0 spiro atoms. The van der Waals surface area contributed by atoms with E-state index in [1.807, 2.05) is 25.1 Å². The Morgan fingerprint density at radius 2 is 1.90 bits per heavy atom. The first-order valence-corrected chi connectivity index (χ1v) is 9.69. The third-order valence-electron chi connectivity index (χ3n) is 4.64. The quantitative estimate of drug-likeness (QED) is 0.402. The Balaban J connectivity index is 1.43. The van der Waals surface area contributed by atoms with E-state index in [9.17, 15) is 0 Å². The molecule has 0 amide bonds. The van der Waals surface area contributed by atoms with Crippen LogP contribution in [-0.4, -0.2) is 36.7 Å². The number of rotatable bonds is 5. The van der Waals surface area contributed by atoms with Crippen LogP contribution in [0.4, 0.5) is 11.5 Å². The summed E-state index contributed by atoms with van der Waals surface area (Å²) in [5, 5.41) is 7.78. The van der Waals surface area contributed by atoms with Crippen LogP contribution in [0.1, 0.15) is 5.56 Å². The number of hydrogen-bond donors (Lipinski definition) is 1. The van der Waals surface area contributed by atoms with E-state index in [0.29, 0.717) is 45.0 Å². The molecule has 9 nitrogen and oxygen atoms in total. The molecule has 0 fully saturated rings. The van der Waals surface area contributed by atoms with Gasteiger partial charge in [0.05, 0.1) is 12.6 Å². The molecule has 31 heavy (non-hydrogen) atoms. The summed E-state index contributed by atoms with van der Waals surface area (Å²) >= 11 is 6.04. The molecule has 1 N–H and O–H groups in total. The average molecular weight is 434 g/mol. The lowest BCUT2D eigenvalue weighted by atomic mass is 10.2. The second-order valence-corrected chi connectivity index (χ2v) is 7.08. The maximum absolute atomic E-state index is 6.08. The highest BCUT2D eigenvalue weighted by atomic mass is 35.5. The van der Waals surface area contributed by atoms with Crippen LogP contribution in [-0.2, 0) is 0 Å². The smallest absolute Gasteiger partial charge is 0.219 e. The van der Waals surface area contributed by atoms with Gasteiger partial charge in [-0.2, -0.15) is 9.61 Å². The van der Waals surface area contributed by atoms with E-state index in [2.05, 4.69) is 30.4 Å². The summed E-state index contributed by atoms with van der Waals surface area (Å²) in [7, 11) is 1.57. The molecule has 0 aliphatic carbocycles. The lowest BCUT2D eigenvalue weighted by Crippen LogP contribution is -1.99. The second kappa shape index (κ2) is 7.69. The molecule has 0 saturated carbocycles. The Bertz CT molecular complexity index is 1420. The summed E-state index contributed by atoms with van der Waals surface area (Å²) in [5.74, 6) is 2.40. The minimum Gasteiger partial charge on any atom is -0.481 e. The van der Waals surface area contributed by atoms with Gasteiger partial charge in [0.1, 0.15) is 34.8 Å². The third-order valence-corrected chi connectivity index (χ3v) is 4.85. The first kappa shape index (κ1) is 19.0. The molecule has 4 heterocycles. The zero-order valence-corrected chi connectivity index (χ0v) is 17.3. The van der Waals surface area contributed by atoms with Gasteiger partial charge in [0.2, 0.25) is 5.88 Å². The number of halogens is 1. The first-order chi connectivity index (χ1) is 15.1. The van der Waals surface area contributed by atoms with Crippen molar-refractivity contribution >= 4 is 39.8 Å². The van der Waals surface area contributed by atoms with E-state index >= 15 is 0 Å². The topological polar surface area (TPSA) is 99.3 Å². The van der Waals surface area contributed by atoms with Crippen LogP contribution in [0.5, 0.6) is 17.4 Å². The summed E-state index contributed by atoms with van der Waals surface area (Å²) in [4.78, 5) is 17.1. The predicted octanol–water partition coefficient (Wildman–Crippen LogP) is 4.57. The van der Waals surface area contributed by atoms with Gasteiger partial charge in [0, 0.05) is 17.8 Å². The van der Waals surface area contributed by atoms with Gasteiger partial charge in [-0.15, -0.1) is 0 Å². The fourth-order valence-electron chi connectivity index (χ4n) is 3.19. The van der Waals surface area contributed by atoms with Gasteiger partial charge < -0.3 is 14.8 Å². The highest BCUT2D eigenvalue weighted by Crippen LogP contribution is 2.31. The molecular weight excluding hydrogens is 418 g/mol. The van der Waals surface area contributed by atoms with Crippen molar-refractivity contribution in [1.29, 1.82) is 0 Å². The number of fused-ring (bicyclic) bond motifs is 2. The molecule has 0 aliphatic rings. The first-order valence-electron chi connectivity index (χ1n) is 9.31. The zero-order chi connectivity index (χ0) is 21.4. The molecule has 154 valence electrons. The monoisotopic (exact) mass is 433 g/mol. The summed E-state index contributed by atoms with van der Waals surface area (Å²) in [6.07, 6.45) is 2.95. The van der Waals surface area contributed by atoms with Crippen LogP contribution in [0, 0.1) is 6.92 Å². The van der Waals surface area contributed by atoms with Gasteiger partial charge in [-0.05, 0) is 42.8 Å². The Morgan fingerprint density at radius 1 is 1.00 bits per heavy atom.